The van der Waals surface area contributed by atoms with E-state index in [1.54, 1.807) is 24.9 Å². The van der Waals surface area contributed by atoms with Gasteiger partial charge in [-0.2, -0.15) is 5.10 Å². The highest BCUT2D eigenvalue weighted by Gasteiger charge is 2.17. The minimum Gasteiger partial charge on any atom is -0.497 e. The number of benzene rings is 1. The normalized spacial score (nSPS) is 12.0. The van der Waals surface area contributed by atoms with E-state index in [0.717, 1.165) is 11.3 Å². The molecule has 0 radical (unpaired) electrons. The molecular formula is C16H18N2O3. The predicted molar refractivity (Wildman–Crippen MR) is 79.5 cm³/mol. The van der Waals surface area contributed by atoms with Gasteiger partial charge < -0.3 is 9.84 Å². The Kier molecular flexibility index (Phi) is 4.55. The van der Waals surface area contributed by atoms with E-state index >= 15 is 0 Å². The first kappa shape index (κ1) is 15.0. The number of ether oxygens (including phenoxy) is 1. The number of nitrogens with zero attached hydrogens (tertiary/aromatic N) is 2. The zero-order valence-electron chi connectivity index (χ0n) is 12.1. The molecule has 0 saturated carbocycles. The maximum Gasteiger partial charge on any atom is 0.188 e. The number of carbonyl (C=O) groups excluding carboxylic acids is 1. The Morgan fingerprint density at radius 2 is 2.14 bits per heavy atom. The van der Waals surface area contributed by atoms with Gasteiger partial charge >= 0.3 is 0 Å². The first-order valence-electron chi connectivity index (χ1n) is 6.60. The largest absolute Gasteiger partial charge is 0.497 e. The Hall–Kier alpha value is -2.40. The third-order valence-corrected chi connectivity index (χ3v) is 3.14. The molecule has 1 heterocycles. The number of rotatable bonds is 6. The Morgan fingerprint density at radius 1 is 1.48 bits per heavy atom. The first-order chi connectivity index (χ1) is 10.0. The molecule has 0 aliphatic carbocycles. The lowest BCUT2D eigenvalue weighted by Gasteiger charge is -2.04. The summed E-state index contributed by atoms with van der Waals surface area (Å²) in [7, 11) is 1.62. The van der Waals surface area contributed by atoms with Crippen molar-refractivity contribution in [2.75, 3.05) is 7.11 Å². The molecule has 1 unspecified atom stereocenters. The van der Waals surface area contributed by atoms with E-state index in [1.165, 1.54) is 6.08 Å². The van der Waals surface area contributed by atoms with Crippen LogP contribution in [0.15, 0.2) is 43.1 Å². The quantitative estimate of drug-likeness (QED) is 0.654. The van der Waals surface area contributed by atoms with Gasteiger partial charge in [0.25, 0.3) is 0 Å². The van der Waals surface area contributed by atoms with Crippen molar-refractivity contribution in [2.45, 2.75) is 19.6 Å². The van der Waals surface area contributed by atoms with Gasteiger partial charge in [0.15, 0.2) is 5.78 Å². The highest BCUT2D eigenvalue weighted by molar-refractivity contribution is 6.04. The van der Waals surface area contributed by atoms with Crippen LogP contribution in [0.25, 0.3) is 0 Å². The van der Waals surface area contributed by atoms with Crippen molar-refractivity contribution < 1.29 is 14.6 Å². The van der Waals surface area contributed by atoms with Gasteiger partial charge in [0, 0.05) is 6.20 Å². The van der Waals surface area contributed by atoms with Crippen LogP contribution in [0, 0.1) is 0 Å². The van der Waals surface area contributed by atoms with Crippen molar-refractivity contribution in [2.24, 2.45) is 0 Å². The zero-order valence-corrected chi connectivity index (χ0v) is 12.1. The summed E-state index contributed by atoms with van der Waals surface area (Å²) in [4.78, 5) is 11.8. The highest BCUT2D eigenvalue weighted by atomic mass is 16.5. The monoisotopic (exact) mass is 286 g/mol. The molecule has 1 aromatic heterocycles. The lowest BCUT2D eigenvalue weighted by atomic mass is 10.1. The van der Waals surface area contributed by atoms with E-state index in [9.17, 15) is 9.90 Å². The second-order valence-electron chi connectivity index (χ2n) is 4.72. The topological polar surface area (TPSA) is 64.4 Å². The Morgan fingerprint density at radius 3 is 2.67 bits per heavy atom. The molecule has 2 aromatic rings. The van der Waals surface area contributed by atoms with Gasteiger partial charge in [0.05, 0.1) is 25.3 Å². The van der Waals surface area contributed by atoms with Gasteiger partial charge in [-0.25, -0.2) is 0 Å². The van der Waals surface area contributed by atoms with E-state index in [-0.39, 0.29) is 5.78 Å². The SMILES string of the molecule is C=CC(=O)c1cn(Cc2ccc(OC)cc2)nc1C(C)O. The van der Waals surface area contributed by atoms with E-state index in [2.05, 4.69) is 11.7 Å². The number of ketones is 1. The number of hydrogen-bond acceptors (Lipinski definition) is 4. The third-order valence-electron chi connectivity index (χ3n) is 3.14. The minimum atomic E-state index is -0.805. The van der Waals surface area contributed by atoms with Crippen LogP contribution in [0.4, 0.5) is 0 Å². The first-order valence-corrected chi connectivity index (χ1v) is 6.60. The van der Waals surface area contributed by atoms with Crippen LogP contribution in [0.5, 0.6) is 5.75 Å². The number of aliphatic hydroxyl groups is 1. The summed E-state index contributed by atoms with van der Waals surface area (Å²) in [5, 5.41) is 14.0. The predicted octanol–water partition coefficient (Wildman–Crippen LogP) is 2.36. The van der Waals surface area contributed by atoms with Crippen molar-refractivity contribution in [1.29, 1.82) is 0 Å². The molecular weight excluding hydrogens is 268 g/mol. The fourth-order valence-corrected chi connectivity index (χ4v) is 2.04. The summed E-state index contributed by atoms with van der Waals surface area (Å²) < 4.78 is 6.75. The molecule has 0 bridgehead atoms. The molecule has 110 valence electrons. The Balaban J connectivity index is 2.27. The summed E-state index contributed by atoms with van der Waals surface area (Å²) in [6.45, 7) is 5.56. The number of aliphatic hydroxyl groups excluding tert-OH is 1. The molecule has 0 aliphatic heterocycles. The van der Waals surface area contributed by atoms with Crippen molar-refractivity contribution in [1.82, 2.24) is 9.78 Å². The number of allylic oxidation sites excluding steroid dienone is 1. The van der Waals surface area contributed by atoms with Crippen LogP contribution in [0.1, 0.15) is 34.6 Å². The van der Waals surface area contributed by atoms with E-state index in [4.69, 9.17) is 4.74 Å². The zero-order chi connectivity index (χ0) is 15.4. The summed E-state index contributed by atoms with van der Waals surface area (Å²) in [5.41, 5.74) is 1.77. The van der Waals surface area contributed by atoms with Gasteiger partial charge in [0.2, 0.25) is 0 Å². The van der Waals surface area contributed by atoms with Crippen LogP contribution in [0.2, 0.25) is 0 Å². The van der Waals surface area contributed by atoms with Crippen LogP contribution >= 0.6 is 0 Å². The average Bonchev–Trinajstić information content (AvgIpc) is 2.91. The number of hydrogen-bond donors (Lipinski definition) is 1. The number of methoxy groups -OCH3 is 1. The van der Waals surface area contributed by atoms with Crippen molar-refractivity contribution in [3.63, 3.8) is 0 Å². The standard InChI is InChI=1S/C16H18N2O3/c1-4-15(20)14-10-18(17-16(14)11(2)19)9-12-5-7-13(21-3)8-6-12/h4-8,10-11,19H,1,9H2,2-3H3. The molecule has 21 heavy (non-hydrogen) atoms. The molecule has 1 N–H and O–H groups in total. The second-order valence-corrected chi connectivity index (χ2v) is 4.72. The van der Waals surface area contributed by atoms with Crippen molar-refractivity contribution in [3.8, 4) is 5.75 Å². The molecule has 2 rings (SSSR count). The molecule has 0 fully saturated rings. The van der Waals surface area contributed by atoms with Crippen LogP contribution in [-0.2, 0) is 6.54 Å². The lowest BCUT2D eigenvalue weighted by molar-refractivity contribution is 0.104. The van der Waals surface area contributed by atoms with E-state index < -0.39 is 6.10 Å². The summed E-state index contributed by atoms with van der Waals surface area (Å²) >= 11 is 0. The molecule has 5 nitrogen and oxygen atoms in total. The minimum absolute atomic E-state index is 0.244. The van der Waals surface area contributed by atoms with Gasteiger partial charge in [-0.3, -0.25) is 9.48 Å². The van der Waals surface area contributed by atoms with Gasteiger partial charge in [-0.05, 0) is 30.7 Å². The fourth-order valence-electron chi connectivity index (χ4n) is 2.04. The fraction of sp³-hybridized carbons (Fsp3) is 0.250. The molecule has 0 amide bonds. The average molecular weight is 286 g/mol. The Labute approximate surface area is 123 Å². The van der Waals surface area contributed by atoms with Gasteiger partial charge in [0.1, 0.15) is 11.4 Å². The van der Waals surface area contributed by atoms with E-state index in [0.29, 0.717) is 17.8 Å². The summed E-state index contributed by atoms with van der Waals surface area (Å²) in [6.07, 6.45) is 2.05. The highest BCUT2D eigenvalue weighted by Crippen LogP contribution is 2.18. The van der Waals surface area contributed by atoms with Crippen LogP contribution < -0.4 is 4.74 Å². The van der Waals surface area contributed by atoms with Crippen LogP contribution in [-0.4, -0.2) is 27.8 Å². The molecule has 5 heteroatoms. The maximum atomic E-state index is 11.8. The smallest absolute Gasteiger partial charge is 0.188 e. The number of carbonyl (C=O) groups is 1. The summed E-state index contributed by atoms with van der Waals surface area (Å²) in [5.74, 6) is 0.540. The molecule has 0 saturated heterocycles. The van der Waals surface area contributed by atoms with Crippen molar-refractivity contribution >= 4 is 5.78 Å². The lowest BCUT2D eigenvalue weighted by Crippen LogP contribution is -2.03. The molecule has 0 aliphatic rings. The molecule has 1 aromatic carbocycles. The summed E-state index contributed by atoms with van der Waals surface area (Å²) in [6, 6.07) is 7.59. The number of aromatic nitrogens is 2. The second kappa shape index (κ2) is 6.37. The maximum absolute atomic E-state index is 11.8. The molecule has 1 atom stereocenters. The van der Waals surface area contributed by atoms with Gasteiger partial charge in [-0.1, -0.05) is 18.7 Å². The van der Waals surface area contributed by atoms with Crippen LogP contribution in [0.3, 0.4) is 0 Å². The Bertz CT molecular complexity index is 642. The van der Waals surface area contributed by atoms with Crippen molar-refractivity contribution in [3.05, 3.63) is 59.9 Å². The molecule has 0 spiro atoms. The third kappa shape index (κ3) is 3.38. The van der Waals surface area contributed by atoms with E-state index in [1.807, 2.05) is 24.3 Å². The van der Waals surface area contributed by atoms with Gasteiger partial charge in [-0.15, -0.1) is 0 Å².